The number of carbonyl (C=O) groups is 1. The summed E-state index contributed by atoms with van der Waals surface area (Å²) in [4.78, 5) is 11.1. The summed E-state index contributed by atoms with van der Waals surface area (Å²) in [5, 5.41) is 9.69. The Morgan fingerprint density at radius 3 is 2.74 bits per heavy atom. The number of carbonyl (C=O) groups excluding carboxylic acids is 1. The van der Waals surface area contributed by atoms with Gasteiger partial charge in [0.2, 0.25) is 0 Å². The monoisotopic (exact) mass is 316 g/mol. The Morgan fingerprint density at radius 2 is 2.00 bits per heavy atom. The molecule has 126 valence electrons. The Balaban J connectivity index is 3.64. The van der Waals surface area contributed by atoms with E-state index in [4.69, 9.17) is 4.74 Å². The molecule has 0 bridgehead atoms. The quantitative estimate of drug-likeness (QED) is 0.273. The van der Waals surface area contributed by atoms with E-state index in [0.29, 0.717) is 19.4 Å². The molecule has 0 aromatic rings. The van der Waals surface area contributed by atoms with Crippen molar-refractivity contribution in [2.24, 2.45) is 0 Å². The summed E-state index contributed by atoms with van der Waals surface area (Å²) in [5.41, 5.74) is 0. The topological polar surface area (TPSA) is 46.5 Å². The molecule has 0 rings (SSSR count). The number of unbranched alkanes of at least 4 members (excludes halogenated alkanes) is 4. The summed E-state index contributed by atoms with van der Waals surface area (Å²) >= 11 is 0. The fourth-order valence-electron chi connectivity index (χ4n) is 1.82. The van der Waals surface area contributed by atoms with Crippen LogP contribution in [0.2, 0.25) is 0 Å². The van der Waals surface area contributed by atoms with Gasteiger partial charge in [0.25, 0.3) is 0 Å². The van der Waals surface area contributed by atoms with Crippen LogP contribution in [0, 0.1) is 23.7 Å². The molecule has 23 heavy (non-hydrogen) atoms. The van der Waals surface area contributed by atoms with Gasteiger partial charge in [-0.15, -0.1) is 6.58 Å². The number of aliphatic hydroxyl groups excluding tert-OH is 1. The van der Waals surface area contributed by atoms with Crippen LogP contribution in [0.25, 0.3) is 0 Å². The average molecular weight is 316 g/mol. The summed E-state index contributed by atoms with van der Waals surface area (Å²) in [6.45, 7) is 5.89. The van der Waals surface area contributed by atoms with Crippen molar-refractivity contribution in [3.05, 3.63) is 24.8 Å². The summed E-state index contributed by atoms with van der Waals surface area (Å²) in [5.74, 6) is 10.8. The minimum absolute atomic E-state index is 0.129. The minimum Gasteiger partial charge on any atom is -0.466 e. The second kappa shape index (κ2) is 16.4. The zero-order valence-electron chi connectivity index (χ0n) is 14.1. The number of rotatable bonds is 11. The van der Waals surface area contributed by atoms with Gasteiger partial charge in [0.1, 0.15) is 6.10 Å². The molecule has 0 fully saturated rings. The fourth-order valence-corrected chi connectivity index (χ4v) is 1.82. The van der Waals surface area contributed by atoms with Crippen LogP contribution < -0.4 is 0 Å². The van der Waals surface area contributed by atoms with Crippen LogP contribution >= 0.6 is 0 Å². The van der Waals surface area contributed by atoms with E-state index >= 15 is 0 Å². The number of hydrogen-bond donors (Lipinski definition) is 1. The van der Waals surface area contributed by atoms with Gasteiger partial charge >= 0.3 is 5.97 Å². The van der Waals surface area contributed by atoms with Crippen LogP contribution in [0.4, 0.5) is 0 Å². The van der Waals surface area contributed by atoms with Crippen LogP contribution in [-0.2, 0) is 9.53 Å². The molecule has 0 aliphatic carbocycles. The molecule has 1 N–H and O–H groups in total. The molecule has 3 heteroatoms. The Hall–Kier alpha value is -1.97. The first-order valence-corrected chi connectivity index (χ1v) is 8.31. The molecule has 0 aliphatic rings. The van der Waals surface area contributed by atoms with Gasteiger partial charge in [-0.2, -0.15) is 0 Å². The molecular formula is C20H28O3. The highest BCUT2D eigenvalue weighted by Crippen LogP contribution is 2.07. The van der Waals surface area contributed by atoms with Crippen molar-refractivity contribution in [2.75, 3.05) is 6.61 Å². The summed E-state index contributed by atoms with van der Waals surface area (Å²) in [6, 6.07) is 0. The molecule has 0 radical (unpaired) electrons. The third-order valence-electron chi connectivity index (χ3n) is 3.03. The molecule has 0 aromatic carbocycles. The Morgan fingerprint density at radius 1 is 1.22 bits per heavy atom. The first-order chi connectivity index (χ1) is 11.2. The summed E-state index contributed by atoms with van der Waals surface area (Å²) < 4.78 is 4.86. The van der Waals surface area contributed by atoms with Gasteiger partial charge < -0.3 is 9.84 Å². The van der Waals surface area contributed by atoms with Gasteiger partial charge in [-0.1, -0.05) is 36.8 Å². The van der Waals surface area contributed by atoms with Crippen LogP contribution in [0.15, 0.2) is 24.8 Å². The second-order valence-corrected chi connectivity index (χ2v) is 5.08. The van der Waals surface area contributed by atoms with Crippen LogP contribution in [0.3, 0.4) is 0 Å². The first-order valence-electron chi connectivity index (χ1n) is 8.31. The summed E-state index contributed by atoms with van der Waals surface area (Å²) in [7, 11) is 0. The van der Waals surface area contributed by atoms with Gasteiger partial charge in [-0.3, -0.25) is 4.79 Å². The highest BCUT2D eigenvalue weighted by molar-refractivity contribution is 5.69. The number of ether oxygens (including phenoxy) is 1. The van der Waals surface area contributed by atoms with E-state index in [1.807, 2.05) is 19.1 Å². The van der Waals surface area contributed by atoms with E-state index < -0.39 is 6.10 Å². The Labute approximate surface area is 140 Å². The molecule has 0 aliphatic heterocycles. The van der Waals surface area contributed by atoms with Crippen molar-refractivity contribution in [3.8, 4) is 23.7 Å². The molecular weight excluding hydrogens is 288 g/mol. The van der Waals surface area contributed by atoms with Crippen molar-refractivity contribution < 1.29 is 14.6 Å². The smallest absolute Gasteiger partial charge is 0.305 e. The lowest BCUT2D eigenvalue weighted by Crippen LogP contribution is -2.04. The molecule has 1 atom stereocenters. The molecule has 0 spiro atoms. The van der Waals surface area contributed by atoms with E-state index in [-0.39, 0.29) is 5.97 Å². The van der Waals surface area contributed by atoms with Crippen LogP contribution in [0.1, 0.15) is 58.3 Å². The lowest BCUT2D eigenvalue weighted by Gasteiger charge is -2.03. The van der Waals surface area contributed by atoms with Crippen LogP contribution in [-0.4, -0.2) is 23.8 Å². The number of allylic oxidation sites excluding steroid dienone is 3. The maximum absolute atomic E-state index is 11.1. The van der Waals surface area contributed by atoms with Crippen molar-refractivity contribution in [1.82, 2.24) is 0 Å². The van der Waals surface area contributed by atoms with Crippen molar-refractivity contribution >= 4 is 5.97 Å². The average Bonchev–Trinajstić information content (AvgIpc) is 2.53. The lowest BCUT2D eigenvalue weighted by molar-refractivity contribution is -0.143. The highest BCUT2D eigenvalue weighted by atomic mass is 16.5. The zero-order chi connectivity index (χ0) is 17.2. The minimum atomic E-state index is -0.626. The summed E-state index contributed by atoms with van der Waals surface area (Å²) in [6.07, 6.45) is 11.7. The molecule has 1 unspecified atom stereocenters. The lowest BCUT2D eigenvalue weighted by atomic mass is 10.1. The van der Waals surface area contributed by atoms with Gasteiger partial charge in [-0.25, -0.2) is 0 Å². The zero-order valence-corrected chi connectivity index (χ0v) is 14.1. The molecule has 0 amide bonds. The standard InChI is InChI=1S/C20H28O3/c1-3-5-6-7-8-9-10-13-16-19(21)17-14-11-12-15-18-20(22)23-4-2/h3,7-8,19,21H,1,4-6,11-12,14-15,17-18H2,2H3. The van der Waals surface area contributed by atoms with Crippen molar-refractivity contribution in [1.29, 1.82) is 0 Å². The van der Waals surface area contributed by atoms with E-state index in [2.05, 4.69) is 30.3 Å². The highest BCUT2D eigenvalue weighted by Gasteiger charge is 2.02. The third-order valence-corrected chi connectivity index (χ3v) is 3.03. The van der Waals surface area contributed by atoms with E-state index in [9.17, 15) is 9.90 Å². The van der Waals surface area contributed by atoms with Crippen LogP contribution in [0.5, 0.6) is 0 Å². The fraction of sp³-hybridized carbons (Fsp3) is 0.550. The van der Waals surface area contributed by atoms with E-state index in [1.165, 1.54) is 0 Å². The van der Waals surface area contributed by atoms with Crippen molar-refractivity contribution in [2.45, 2.75) is 64.4 Å². The van der Waals surface area contributed by atoms with Gasteiger partial charge in [0.05, 0.1) is 6.61 Å². The van der Waals surface area contributed by atoms with E-state index in [1.54, 1.807) is 6.08 Å². The van der Waals surface area contributed by atoms with Crippen molar-refractivity contribution in [3.63, 3.8) is 0 Å². The Kier molecular flexibility index (Phi) is 15.0. The van der Waals surface area contributed by atoms with Gasteiger partial charge in [0, 0.05) is 6.42 Å². The van der Waals surface area contributed by atoms with Gasteiger partial charge in [-0.05, 0) is 56.9 Å². The second-order valence-electron chi connectivity index (χ2n) is 5.08. The molecule has 0 heterocycles. The Bertz CT molecular complexity index is 469. The normalized spacial score (nSPS) is 11.0. The maximum atomic E-state index is 11.1. The number of aliphatic hydroxyl groups is 1. The molecule has 0 saturated heterocycles. The number of hydrogen-bond acceptors (Lipinski definition) is 3. The number of esters is 1. The predicted molar refractivity (Wildman–Crippen MR) is 94.5 cm³/mol. The molecule has 3 nitrogen and oxygen atoms in total. The molecule has 0 aromatic heterocycles. The maximum Gasteiger partial charge on any atom is 0.305 e. The molecule has 0 saturated carbocycles. The SMILES string of the molecule is C=CCCC=CC#CC#CC(O)CCCCCCC(=O)OCC. The van der Waals surface area contributed by atoms with Gasteiger partial charge in [0.15, 0.2) is 0 Å². The third kappa shape index (κ3) is 16.2. The predicted octanol–water partition coefficient (Wildman–Crippen LogP) is 3.78. The van der Waals surface area contributed by atoms with E-state index in [0.717, 1.165) is 38.5 Å². The largest absolute Gasteiger partial charge is 0.466 e. The first kappa shape index (κ1) is 21.0.